The molecule has 17 heavy (non-hydrogen) atoms. The van der Waals surface area contributed by atoms with Crippen LogP contribution in [0.3, 0.4) is 0 Å². The molecule has 1 heteroatoms. The summed E-state index contributed by atoms with van der Waals surface area (Å²) in [6.45, 7) is 2.25. The Morgan fingerprint density at radius 3 is 2.18 bits per heavy atom. The normalized spacial score (nSPS) is 11.8. The number of hydrogen-bond donors (Lipinski definition) is 0. The Bertz CT molecular complexity index is 266. The second-order valence-electron chi connectivity index (χ2n) is 4.21. The standard InChI is InChI=1S/C16H25N/c1-2-3-4-5-6-7-8-9-10-11-12-13-14-15-16-17/h10-15H,2-9H2,1H3. The monoisotopic (exact) mass is 231 g/mol. The van der Waals surface area contributed by atoms with E-state index < -0.39 is 0 Å². The Kier molecular flexibility index (Phi) is 13.6. The van der Waals surface area contributed by atoms with Gasteiger partial charge in [0.2, 0.25) is 0 Å². The lowest BCUT2D eigenvalue weighted by Gasteiger charge is -1.98. The second kappa shape index (κ2) is 14.7. The molecule has 0 atom stereocenters. The van der Waals surface area contributed by atoms with E-state index in [9.17, 15) is 0 Å². The maximum Gasteiger partial charge on any atom is 0.0912 e. The van der Waals surface area contributed by atoms with Crippen LogP contribution in [-0.4, -0.2) is 0 Å². The van der Waals surface area contributed by atoms with Crippen LogP contribution in [0.2, 0.25) is 0 Å². The number of nitrogens with zero attached hydrogens (tertiary/aromatic N) is 1. The Hall–Kier alpha value is -1.29. The largest absolute Gasteiger partial charge is 0.193 e. The fourth-order valence-corrected chi connectivity index (χ4v) is 1.62. The predicted molar refractivity (Wildman–Crippen MR) is 75.6 cm³/mol. The molecule has 0 radical (unpaired) electrons. The van der Waals surface area contributed by atoms with Crippen molar-refractivity contribution in [1.29, 1.82) is 5.26 Å². The highest BCUT2D eigenvalue weighted by molar-refractivity contribution is 5.15. The molecule has 0 aromatic heterocycles. The molecule has 0 heterocycles. The first-order valence-electron chi connectivity index (χ1n) is 6.79. The summed E-state index contributed by atoms with van der Waals surface area (Å²) >= 11 is 0. The van der Waals surface area contributed by atoms with Gasteiger partial charge in [0.25, 0.3) is 0 Å². The Morgan fingerprint density at radius 2 is 1.47 bits per heavy atom. The molecule has 0 saturated heterocycles. The molecule has 0 aliphatic rings. The average molecular weight is 231 g/mol. The average Bonchev–Trinajstić information content (AvgIpc) is 2.35. The van der Waals surface area contributed by atoms with Crippen LogP contribution in [-0.2, 0) is 0 Å². The van der Waals surface area contributed by atoms with Crippen LogP contribution in [0, 0.1) is 11.3 Å². The van der Waals surface area contributed by atoms with Crippen LogP contribution in [0.15, 0.2) is 36.5 Å². The quantitative estimate of drug-likeness (QED) is 0.283. The van der Waals surface area contributed by atoms with Gasteiger partial charge in [-0.2, -0.15) is 5.26 Å². The maximum atomic E-state index is 8.25. The van der Waals surface area contributed by atoms with E-state index in [4.69, 9.17) is 5.26 Å². The molecule has 0 aromatic carbocycles. The highest BCUT2D eigenvalue weighted by Crippen LogP contribution is 2.08. The van der Waals surface area contributed by atoms with Gasteiger partial charge >= 0.3 is 0 Å². The van der Waals surface area contributed by atoms with E-state index in [0.717, 1.165) is 0 Å². The topological polar surface area (TPSA) is 23.8 Å². The fraction of sp³-hybridized carbons (Fsp3) is 0.562. The lowest BCUT2D eigenvalue weighted by atomic mass is 10.1. The van der Waals surface area contributed by atoms with Crippen LogP contribution in [0.5, 0.6) is 0 Å². The highest BCUT2D eigenvalue weighted by atomic mass is 14.2. The van der Waals surface area contributed by atoms with Gasteiger partial charge in [-0.05, 0) is 12.8 Å². The van der Waals surface area contributed by atoms with Crippen molar-refractivity contribution in [1.82, 2.24) is 0 Å². The van der Waals surface area contributed by atoms with Gasteiger partial charge in [-0.25, -0.2) is 0 Å². The molecular weight excluding hydrogens is 206 g/mol. The number of hydrogen-bond acceptors (Lipinski definition) is 1. The summed E-state index contributed by atoms with van der Waals surface area (Å²) in [5.74, 6) is 0. The van der Waals surface area contributed by atoms with E-state index in [1.165, 1.54) is 57.4 Å². The van der Waals surface area contributed by atoms with Gasteiger partial charge in [0.15, 0.2) is 0 Å². The van der Waals surface area contributed by atoms with Crippen molar-refractivity contribution in [2.24, 2.45) is 0 Å². The summed E-state index contributed by atoms with van der Waals surface area (Å²) in [5.41, 5.74) is 0. The smallest absolute Gasteiger partial charge is 0.0912 e. The van der Waals surface area contributed by atoms with Crippen molar-refractivity contribution < 1.29 is 0 Å². The van der Waals surface area contributed by atoms with Crippen molar-refractivity contribution in [3.8, 4) is 6.07 Å². The van der Waals surface area contributed by atoms with E-state index >= 15 is 0 Å². The minimum absolute atomic E-state index is 1.17. The predicted octanol–water partition coefficient (Wildman–Crippen LogP) is 5.32. The first kappa shape index (κ1) is 15.7. The number of rotatable bonds is 10. The van der Waals surface area contributed by atoms with Gasteiger partial charge in [0.1, 0.15) is 0 Å². The van der Waals surface area contributed by atoms with Gasteiger partial charge in [0.05, 0.1) is 6.07 Å². The molecule has 0 aliphatic carbocycles. The molecule has 0 fully saturated rings. The van der Waals surface area contributed by atoms with Crippen molar-refractivity contribution in [3.63, 3.8) is 0 Å². The summed E-state index contributed by atoms with van der Waals surface area (Å²) in [6, 6.07) is 1.95. The van der Waals surface area contributed by atoms with Gasteiger partial charge in [-0.1, -0.05) is 75.8 Å². The summed E-state index contributed by atoms with van der Waals surface area (Å²) in [7, 11) is 0. The summed E-state index contributed by atoms with van der Waals surface area (Å²) in [4.78, 5) is 0. The third-order valence-electron chi connectivity index (χ3n) is 2.61. The van der Waals surface area contributed by atoms with Crippen molar-refractivity contribution in [2.45, 2.75) is 58.3 Å². The Labute approximate surface area is 107 Å². The molecule has 0 saturated carbocycles. The molecule has 94 valence electrons. The van der Waals surface area contributed by atoms with Gasteiger partial charge in [-0.15, -0.1) is 0 Å². The van der Waals surface area contributed by atoms with Crippen LogP contribution >= 0.6 is 0 Å². The maximum absolute atomic E-state index is 8.25. The first-order valence-corrected chi connectivity index (χ1v) is 6.79. The van der Waals surface area contributed by atoms with E-state index in [0.29, 0.717) is 0 Å². The molecule has 0 rings (SSSR count). The lowest BCUT2D eigenvalue weighted by Crippen LogP contribution is -1.78. The van der Waals surface area contributed by atoms with Gasteiger partial charge in [0, 0.05) is 6.08 Å². The molecule has 1 nitrogen and oxygen atoms in total. The van der Waals surface area contributed by atoms with E-state index in [2.05, 4.69) is 19.1 Å². The number of allylic oxidation sites excluding steroid dienone is 6. The second-order valence-corrected chi connectivity index (χ2v) is 4.21. The van der Waals surface area contributed by atoms with Crippen molar-refractivity contribution in [2.75, 3.05) is 0 Å². The molecule has 0 unspecified atom stereocenters. The van der Waals surface area contributed by atoms with Crippen LogP contribution < -0.4 is 0 Å². The van der Waals surface area contributed by atoms with Gasteiger partial charge < -0.3 is 0 Å². The molecule has 0 aromatic rings. The highest BCUT2D eigenvalue weighted by Gasteiger charge is 1.88. The first-order chi connectivity index (χ1) is 8.41. The zero-order valence-corrected chi connectivity index (χ0v) is 11.1. The minimum Gasteiger partial charge on any atom is -0.193 e. The molecule has 0 spiro atoms. The third-order valence-corrected chi connectivity index (χ3v) is 2.61. The zero-order chi connectivity index (χ0) is 12.6. The van der Waals surface area contributed by atoms with Crippen LogP contribution in [0.4, 0.5) is 0 Å². The zero-order valence-electron chi connectivity index (χ0n) is 11.1. The summed E-state index contributed by atoms with van der Waals surface area (Å²) < 4.78 is 0. The molecule has 0 N–H and O–H groups in total. The van der Waals surface area contributed by atoms with Gasteiger partial charge in [-0.3, -0.25) is 0 Å². The Morgan fingerprint density at radius 1 is 0.824 bits per heavy atom. The fourth-order valence-electron chi connectivity index (χ4n) is 1.62. The van der Waals surface area contributed by atoms with E-state index in [1.54, 1.807) is 6.08 Å². The molecular formula is C16H25N. The lowest BCUT2D eigenvalue weighted by molar-refractivity contribution is 0.592. The minimum atomic E-state index is 1.17. The van der Waals surface area contributed by atoms with E-state index in [-0.39, 0.29) is 0 Å². The number of nitriles is 1. The Balaban J connectivity index is 3.22. The van der Waals surface area contributed by atoms with Crippen molar-refractivity contribution in [3.05, 3.63) is 36.5 Å². The summed E-state index contributed by atoms with van der Waals surface area (Å²) in [5, 5.41) is 8.25. The van der Waals surface area contributed by atoms with E-state index in [1.807, 2.05) is 18.2 Å². The number of unbranched alkanes of at least 4 members (excludes halogenated alkanes) is 7. The molecule has 0 aliphatic heterocycles. The van der Waals surface area contributed by atoms with Crippen LogP contribution in [0.25, 0.3) is 0 Å². The van der Waals surface area contributed by atoms with Crippen LogP contribution in [0.1, 0.15) is 58.3 Å². The van der Waals surface area contributed by atoms with Crippen molar-refractivity contribution >= 4 is 0 Å². The molecule has 0 bridgehead atoms. The third kappa shape index (κ3) is 14.7. The SMILES string of the molecule is CCCCCCCCCC=CC=CC=CC#N. The summed E-state index contributed by atoms with van der Waals surface area (Å²) in [6.07, 6.45) is 22.0. The molecule has 0 amide bonds.